The zero-order valence-corrected chi connectivity index (χ0v) is 16.5. The molecule has 0 unspecified atom stereocenters. The van der Waals surface area contributed by atoms with Gasteiger partial charge in [0.15, 0.2) is 0 Å². The summed E-state index contributed by atoms with van der Waals surface area (Å²) >= 11 is 0. The third-order valence-electron chi connectivity index (χ3n) is 7.16. The van der Waals surface area contributed by atoms with Crippen LogP contribution >= 0.6 is 0 Å². The van der Waals surface area contributed by atoms with Crippen LogP contribution < -0.4 is 0 Å². The lowest BCUT2D eigenvalue weighted by molar-refractivity contribution is -0.146. The van der Waals surface area contributed by atoms with Crippen molar-refractivity contribution in [1.29, 1.82) is 0 Å². The molecule has 0 N–H and O–H groups in total. The summed E-state index contributed by atoms with van der Waals surface area (Å²) in [7, 11) is 2.08. The summed E-state index contributed by atoms with van der Waals surface area (Å²) in [5.41, 5.74) is 1.14. The van der Waals surface area contributed by atoms with E-state index in [0.717, 1.165) is 57.3 Å². The van der Waals surface area contributed by atoms with Gasteiger partial charge in [0.2, 0.25) is 5.91 Å². The minimum Gasteiger partial charge on any atom is -0.342 e. The number of likely N-dealkylation sites (tertiary alicyclic amines) is 2. The van der Waals surface area contributed by atoms with Gasteiger partial charge >= 0.3 is 0 Å². The van der Waals surface area contributed by atoms with Gasteiger partial charge in [0, 0.05) is 39.4 Å². The molecule has 1 atom stereocenters. The molecule has 3 aliphatic rings. The van der Waals surface area contributed by atoms with Crippen LogP contribution in [-0.2, 0) is 18.4 Å². The van der Waals surface area contributed by atoms with Crippen molar-refractivity contribution in [3.63, 3.8) is 0 Å². The van der Waals surface area contributed by atoms with Gasteiger partial charge in [0.25, 0.3) is 0 Å². The zero-order valence-electron chi connectivity index (χ0n) is 16.5. The zero-order chi connectivity index (χ0) is 18.1. The average molecular weight is 359 g/mol. The first kappa shape index (κ1) is 18.0. The summed E-state index contributed by atoms with van der Waals surface area (Å²) in [5, 5.41) is 0. The fourth-order valence-electron chi connectivity index (χ4n) is 5.40. The molecule has 2 aliphatic heterocycles. The monoisotopic (exact) mass is 358 g/mol. The SMILES string of the molecule is Cc1ncc(CN2CC[C@@]3(CCCN(CC4CCCCC4)C3=O)C2)n1C. The number of nitrogens with zero attached hydrogens (tertiary/aromatic N) is 4. The van der Waals surface area contributed by atoms with Crippen molar-refractivity contribution in [1.82, 2.24) is 19.4 Å². The largest absolute Gasteiger partial charge is 0.342 e. The van der Waals surface area contributed by atoms with Gasteiger partial charge in [-0.25, -0.2) is 4.98 Å². The van der Waals surface area contributed by atoms with E-state index in [-0.39, 0.29) is 5.41 Å². The summed E-state index contributed by atoms with van der Waals surface area (Å²) in [5.74, 6) is 2.26. The molecule has 5 nitrogen and oxygen atoms in total. The summed E-state index contributed by atoms with van der Waals surface area (Å²) in [6.07, 6.45) is 12.0. The molecule has 26 heavy (non-hydrogen) atoms. The highest BCUT2D eigenvalue weighted by Gasteiger charge is 2.48. The number of aryl methyl sites for hydroxylation is 1. The Bertz CT molecular complexity index is 648. The van der Waals surface area contributed by atoms with E-state index in [2.05, 4.69) is 26.4 Å². The van der Waals surface area contributed by atoms with Crippen LogP contribution in [0.25, 0.3) is 0 Å². The van der Waals surface area contributed by atoms with Gasteiger partial charge in [-0.15, -0.1) is 0 Å². The number of amides is 1. The second-order valence-electron chi connectivity index (χ2n) is 8.96. The molecular formula is C21H34N4O. The Morgan fingerprint density at radius 3 is 2.69 bits per heavy atom. The van der Waals surface area contributed by atoms with Crippen molar-refractivity contribution in [2.75, 3.05) is 26.2 Å². The molecule has 144 valence electrons. The number of rotatable bonds is 4. The number of carbonyl (C=O) groups excluding carboxylic acids is 1. The highest BCUT2D eigenvalue weighted by atomic mass is 16.2. The van der Waals surface area contributed by atoms with Gasteiger partial charge in [-0.05, 0) is 51.5 Å². The molecule has 1 saturated carbocycles. The maximum absolute atomic E-state index is 13.4. The summed E-state index contributed by atoms with van der Waals surface area (Å²) in [4.78, 5) is 22.5. The molecule has 0 bridgehead atoms. The Morgan fingerprint density at radius 2 is 1.96 bits per heavy atom. The van der Waals surface area contributed by atoms with Crippen molar-refractivity contribution in [2.24, 2.45) is 18.4 Å². The molecule has 1 aromatic heterocycles. The number of imidazole rings is 1. The predicted molar refractivity (Wildman–Crippen MR) is 103 cm³/mol. The van der Waals surface area contributed by atoms with Gasteiger partial charge < -0.3 is 9.47 Å². The molecule has 0 aromatic carbocycles. The fourth-order valence-corrected chi connectivity index (χ4v) is 5.40. The maximum Gasteiger partial charge on any atom is 0.230 e. The Labute approximate surface area is 157 Å². The van der Waals surface area contributed by atoms with Gasteiger partial charge in [-0.2, -0.15) is 0 Å². The van der Waals surface area contributed by atoms with Crippen LogP contribution in [0.2, 0.25) is 0 Å². The van der Waals surface area contributed by atoms with Crippen LogP contribution in [0.3, 0.4) is 0 Å². The minimum absolute atomic E-state index is 0.111. The number of hydrogen-bond donors (Lipinski definition) is 0. The number of hydrogen-bond acceptors (Lipinski definition) is 3. The van der Waals surface area contributed by atoms with E-state index >= 15 is 0 Å². The molecule has 2 saturated heterocycles. The van der Waals surface area contributed by atoms with E-state index in [1.165, 1.54) is 44.2 Å². The minimum atomic E-state index is -0.111. The third kappa shape index (κ3) is 3.42. The normalized spacial score (nSPS) is 28.4. The highest BCUT2D eigenvalue weighted by molar-refractivity contribution is 5.84. The molecule has 1 spiro atoms. The van der Waals surface area contributed by atoms with Crippen LogP contribution in [0.1, 0.15) is 62.9 Å². The van der Waals surface area contributed by atoms with E-state index in [4.69, 9.17) is 0 Å². The van der Waals surface area contributed by atoms with E-state index < -0.39 is 0 Å². The van der Waals surface area contributed by atoms with Crippen LogP contribution in [-0.4, -0.2) is 51.4 Å². The Hall–Kier alpha value is -1.36. The van der Waals surface area contributed by atoms with Crippen molar-refractivity contribution < 1.29 is 4.79 Å². The Balaban J connectivity index is 1.39. The summed E-state index contributed by atoms with van der Waals surface area (Å²) in [6.45, 7) is 6.92. The first-order valence-corrected chi connectivity index (χ1v) is 10.6. The topological polar surface area (TPSA) is 41.4 Å². The first-order chi connectivity index (χ1) is 12.6. The average Bonchev–Trinajstić information content (AvgIpc) is 3.19. The molecule has 1 aromatic rings. The van der Waals surface area contributed by atoms with Gasteiger partial charge in [-0.3, -0.25) is 9.69 Å². The smallest absolute Gasteiger partial charge is 0.230 e. The van der Waals surface area contributed by atoms with E-state index in [1.807, 2.05) is 13.1 Å². The van der Waals surface area contributed by atoms with Crippen LogP contribution in [0.4, 0.5) is 0 Å². The van der Waals surface area contributed by atoms with Gasteiger partial charge in [0.1, 0.15) is 5.82 Å². The standard InChI is InChI=1S/C21H34N4O/c1-17-22-13-19(23(17)2)15-24-12-10-21(16-24)9-6-11-25(20(21)26)14-18-7-4-3-5-8-18/h13,18H,3-12,14-16H2,1-2H3/t21-/m0/s1. The molecule has 4 rings (SSSR count). The second-order valence-corrected chi connectivity index (χ2v) is 8.96. The molecule has 1 amide bonds. The molecule has 3 heterocycles. The maximum atomic E-state index is 13.4. The van der Waals surface area contributed by atoms with Crippen molar-refractivity contribution in [3.05, 3.63) is 17.7 Å². The Morgan fingerprint density at radius 1 is 1.15 bits per heavy atom. The van der Waals surface area contributed by atoms with Gasteiger partial charge in [0.05, 0.1) is 11.1 Å². The van der Waals surface area contributed by atoms with Crippen LogP contribution in [0, 0.1) is 18.3 Å². The van der Waals surface area contributed by atoms with Crippen molar-refractivity contribution in [2.45, 2.75) is 64.8 Å². The lowest BCUT2D eigenvalue weighted by atomic mass is 9.77. The highest BCUT2D eigenvalue weighted by Crippen LogP contribution is 2.41. The summed E-state index contributed by atoms with van der Waals surface area (Å²) < 4.78 is 2.17. The lowest BCUT2D eigenvalue weighted by Crippen LogP contribution is -2.51. The molecular weight excluding hydrogens is 324 g/mol. The van der Waals surface area contributed by atoms with Crippen molar-refractivity contribution in [3.8, 4) is 0 Å². The van der Waals surface area contributed by atoms with Crippen molar-refractivity contribution >= 4 is 5.91 Å². The molecule has 0 radical (unpaired) electrons. The molecule has 5 heteroatoms. The Kier molecular flexibility index (Phi) is 5.09. The van der Waals surface area contributed by atoms with E-state index in [9.17, 15) is 4.79 Å². The molecule has 1 aliphatic carbocycles. The van der Waals surface area contributed by atoms with Crippen LogP contribution in [0.15, 0.2) is 6.20 Å². The van der Waals surface area contributed by atoms with E-state index in [1.54, 1.807) is 0 Å². The quantitative estimate of drug-likeness (QED) is 0.830. The number of piperidine rings is 1. The third-order valence-corrected chi connectivity index (χ3v) is 7.16. The van der Waals surface area contributed by atoms with E-state index in [0.29, 0.717) is 5.91 Å². The van der Waals surface area contributed by atoms with Crippen LogP contribution in [0.5, 0.6) is 0 Å². The molecule has 3 fully saturated rings. The van der Waals surface area contributed by atoms with Gasteiger partial charge in [-0.1, -0.05) is 19.3 Å². The second kappa shape index (κ2) is 7.34. The lowest BCUT2D eigenvalue weighted by Gasteiger charge is -2.41. The first-order valence-electron chi connectivity index (χ1n) is 10.6. The predicted octanol–water partition coefficient (Wildman–Crippen LogP) is 3.12. The fraction of sp³-hybridized carbons (Fsp3) is 0.810. The summed E-state index contributed by atoms with van der Waals surface area (Å²) in [6, 6.07) is 0. The number of aromatic nitrogens is 2. The number of carbonyl (C=O) groups is 1.